The number of rotatable bonds is 9. The largest absolute Gasteiger partial charge is 0.480 e. The SMILES string of the molecule is CCOC(=O)c1cnn(-c2cccc(-c3cccc4c3[C@H](Cc3ccc(C5CCNCC5)c(CC)c3)CC4)c2)c1OC. The quantitative estimate of drug-likeness (QED) is 0.222. The number of ether oxygens (including phenoxy) is 2. The van der Waals surface area contributed by atoms with Crippen LogP contribution in [0.5, 0.6) is 5.88 Å². The molecule has 2 aliphatic rings. The van der Waals surface area contributed by atoms with Gasteiger partial charge in [-0.1, -0.05) is 55.5 Å². The number of hydrogen-bond acceptors (Lipinski definition) is 5. The van der Waals surface area contributed by atoms with Crippen molar-refractivity contribution in [3.05, 3.63) is 100 Å². The van der Waals surface area contributed by atoms with E-state index in [1.54, 1.807) is 24.3 Å². The zero-order valence-electron chi connectivity index (χ0n) is 25.0. The lowest BCUT2D eigenvalue weighted by molar-refractivity contribution is 0.0522. The molecule has 0 spiro atoms. The zero-order chi connectivity index (χ0) is 29.1. The minimum atomic E-state index is -0.435. The third-order valence-electron chi connectivity index (χ3n) is 9.03. The van der Waals surface area contributed by atoms with Crippen molar-refractivity contribution in [3.63, 3.8) is 0 Å². The topological polar surface area (TPSA) is 65.4 Å². The summed E-state index contributed by atoms with van der Waals surface area (Å²) in [5, 5.41) is 7.99. The molecule has 6 rings (SSSR count). The van der Waals surface area contributed by atoms with Crippen LogP contribution in [-0.2, 0) is 24.0 Å². The number of esters is 1. The lowest BCUT2D eigenvalue weighted by Crippen LogP contribution is -2.27. The minimum absolute atomic E-state index is 0.297. The van der Waals surface area contributed by atoms with Crippen molar-refractivity contribution in [2.24, 2.45) is 0 Å². The van der Waals surface area contributed by atoms with Crippen LogP contribution in [0, 0.1) is 0 Å². The van der Waals surface area contributed by atoms with E-state index in [9.17, 15) is 4.79 Å². The normalized spacial score (nSPS) is 16.8. The van der Waals surface area contributed by atoms with E-state index in [-0.39, 0.29) is 0 Å². The van der Waals surface area contributed by atoms with Crippen LogP contribution >= 0.6 is 0 Å². The lowest BCUT2D eigenvalue weighted by Gasteiger charge is -2.26. The highest BCUT2D eigenvalue weighted by Crippen LogP contribution is 2.42. The van der Waals surface area contributed by atoms with Crippen molar-refractivity contribution in [1.82, 2.24) is 15.1 Å². The summed E-state index contributed by atoms with van der Waals surface area (Å²) in [7, 11) is 1.55. The number of nitrogens with zero attached hydrogens (tertiary/aromatic N) is 2. The highest BCUT2D eigenvalue weighted by Gasteiger charge is 2.27. The lowest BCUT2D eigenvalue weighted by atomic mass is 9.83. The fraction of sp³-hybridized carbons (Fsp3) is 0.389. The summed E-state index contributed by atoms with van der Waals surface area (Å²) in [6.45, 7) is 6.63. The Kier molecular flexibility index (Phi) is 8.43. The van der Waals surface area contributed by atoms with E-state index in [4.69, 9.17) is 9.47 Å². The molecule has 0 radical (unpaired) electrons. The Balaban J connectivity index is 1.30. The molecule has 6 nitrogen and oxygen atoms in total. The van der Waals surface area contributed by atoms with Gasteiger partial charge in [0.1, 0.15) is 5.56 Å². The molecule has 0 bridgehead atoms. The first-order valence-electron chi connectivity index (χ1n) is 15.4. The van der Waals surface area contributed by atoms with Crippen LogP contribution in [-0.4, -0.2) is 42.6 Å². The van der Waals surface area contributed by atoms with Crippen LogP contribution in [0.4, 0.5) is 0 Å². The first-order chi connectivity index (χ1) is 20.6. The molecule has 1 aromatic heterocycles. The van der Waals surface area contributed by atoms with Gasteiger partial charge in [0.05, 0.1) is 25.6 Å². The maximum absolute atomic E-state index is 12.5. The van der Waals surface area contributed by atoms with Gasteiger partial charge >= 0.3 is 5.97 Å². The molecule has 4 aromatic rings. The molecule has 218 valence electrons. The predicted molar refractivity (Wildman–Crippen MR) is 167 cm³/mol. The van der Waals surface area contributed by atoms with Gasteiger partial charge in [0, 0.05) is 0 Å². The van der Waals surface area contributed by atoms with Crippen molar-refractivity contribution >= 4 is 5.97 Å². The maximum Gasteiger partial charge on any atom is 0.345 e. The highest BCUT2D eigenvalue weighted by atomic mass is 16.5. The molecule has 0 amide bonds. The van der Waals surface area contributed by atoms with E-state index < -0.39 is 5.97 Å². The summed E-state index contributed by atoms with van der Waals surface area (Å²) in [6, 6.07) is 22.4. The summed E-state index contributed by atoms with van der Waals surface area (Å²) in [4.78, 5) is 12.5. The molecule has 1 aliphatic heterocycles. The Morgan fingerprint density at radius 3 is 2.64 bits per heavy atom. The number of carbonyl (C=O) groups excluding carboxylic acids is 1. The monoisotopic (exact) mass is 563 g/mol. The highest BCUT2D eigenvalue weighted by molar-refractivity contribution is 5.92. The summed E-state index contributed by atoms with van der Waals surface area (Å²) >= 11 is 0. The average molecular weight is 564 g/mol. The third-order valence-corrected chi connectivity index (χ3v) is 9.03. The van der Waals surface area contributed by atoms with Crippen molar-refractivity contribution in [1.29, 1.82) is 0 Å². The van der Waals surface area contributed by atoms with Gasteiger partial charge in [-0.2, -0.15) is 5.10 Å². The fourth-order valence-electron chi connectivity index (χ4n) is 7.02. The van der Waals surface area contributed by atoms with Crippen molar-refractivity contribution in [2.45, 2.75) is 64.2 Å². The van der Waals surface area contributed by atoms with Gasteiger partial charge in [-0.25, -0.2) is 9.48 Å². The van der Waals surface area contributed by atoms with E-state index in [0.717, 1.165) is 43.6 Å². The molecule has 1 N–H and O–H groups in total. The average Bonchev–Trinajstić information content (AvgIpc) is 3.66. The molecule has 1 aliphatic carbocycles. The molecular weight excluding hydrogens is 522 g/mol. The predicted octanol–water partition coefficient (Wildman–Crippen LogP) is 7.03. The Bertz CT molecular complexity index is 1570. The van der Waals surface area contributed by atoms with E-state index in [0.29, 0.717) is 29.9 Å². The summed E-state index contributed by atoms with van der Waals surface area (Å²) in [6.07, 6.45) is 8.40. The van der Waals surface area contributed by atoms with Crippen LogP contribution < -0.4 is 10.1 Å². The van der Waals surface area contributed by atoms with E-state index in [2.05, 4.69) is 65.9 Å². The number of carbonyl (C=O) groups is 1. The minimum Gasteiger partial charge on any atom is -0.480 e. The van der Waals surface area contributed by atoms with Gasteiger partial charge in [-0.05, 0) is 121 Å². The van der Waals surface area contributed by atoms with Gasteiger partial charge in [0.2, 0.25) is 5.88 Å². The molecule has 0 unspecified atom stereocenters. The van der Waals surface area contributed by atoms with Gasteiger partial charge in [0.15, 0.2) is 0 Å². The van der Waals surface area contributed by atoms with E-state index >= 15 is 0 Å². The molecule has 0 saturated carbocycles. The Morgan fingerprint density at radius 2 is 1.86 bits per heavy atom. The first-order valence-corrected chi connectivity index (χ1v) is 15.4. The second kappa shape index (κ2) is 12.5. The summed E-state index contributed by atoms with van der Waals surface area (Å²) < 4.78 is 12.5. The molecule has 3 aromatic carbocycles. The van der Waals surface area contributed by atoms with Crippen LogP contribution in [0.15, 0.2) is 66.9 Å². The molecule has 2 heterocycles. The molecule has 6 heteroatoms. The van der Waals surface area contributed by atoms with Crippen molar-refractivity contribution in [2.75, 3.05) is 26.8 Å². The number of aromatic nitrogens is 2. The van der Waals surface area contributed by atoms with Crippen LogP contribution in [0.3, 0.4) is 0 Å². The molecule has 1 saturated heterocycles. The third kappa shape index (κ3) is 5.48. The number of benzene rings is 3. The smallest absolute Gasteiger partial charge is 0.345 e. The maximum atomic E-state index is 12.5. The van der Waals surface area contributed by atoms with Crippen LogP contribution in [0.1, 0.15) is 83.1 Å². The Hall–Kier alpha value is -3.90. The number of hydrogen-bond donors (Lipinski definition) is 1. The summed E-state index contributed by atoms with van der Waals surface area (Å²) in [5.41, 5.74) is 11.0. The number of aryl methyl sites for hydroxylation is 2. The number of piperidine rings is 1. The second-order valence-electron chi connectivity index (χ2n) is 11.5. The van der Waals surface area contributed by atoms with Gasteiger partial charge in [-0.3, -0.25) is 0 Å². The molecule has 42 heavy (non-hydrogen) atoms. The molecular formula is C36H41N3O3. The van der Waals surface area contributed by atoms with Crippen molar-refractivity contribution in [3.8, 4) is 22.7 Å². The van der Waals surface area contributed by atoms with Gasteiger partial charge in [0.25, 0.3) is 0 Å². The van der Waals surface area contributed by atoms with Crippen LogP contribution in [0.25, 0.3) is 16.8 Å². The first kappa shape index (κ1) is 28.2. The second-order valence-corrected chi connectivity index (χ2v) is 11.5. The number of nitrogens with one attached hydrogen (secondary N) is 1. The van der Waals surface area contributed by atoms with Crippen molar-refractivity contribution < 1.29 is 14.3 Å². The van der Waals surface area contributed by atoms with Gasteiger partial charge < -0.3 is 14.8 Å². The summed E-state index contributed by atoms with van der Waals surface area (Å²) in [5.74, 6) is 1.10. The number of fused-ring (bicyclic) bond motifs is 1. The Labute approximate surface area is 249 Å². The fourth-order valence-corrected chi connectivity index (χ4v) is 7.02. The van der Waals surface area contributed by atoms with Gasteiger partial charge in [-0.15, -0.1) is 0 Å². The zero-order valence-corrected chi connectivity index (χ0v) is 25.0. The molecule has 1 atom stereocenters. The number of methoxy groups -OCH3 is 1. The molecule has 1 fully saturated rings. The van der Waals surface area contributed by atoms with E-state index in [1.165, 1.54) is 53.3 Å². The van der Waals surface area contributed by atoms with Crippen LogP contribution in [0.2, 0.25) is 0 Å². The van der Waals surface area contributed by atoms with E-state index in [1.807, 2.05) is 12.1 Å². The standard InChI is InChI=1S/C36H41N3O3/c1-4-25-20-24(12-15-31(25)26-16-18-37-19-17-26)21-29-14-13-27-8-7-11-32(34(27)29)28-9-6-10-30(22-28)39-35(41-3)33(23-38-39)36(40)42-5-2/h6-12,15,20,22-23,26,29,37H,4-5,13-14,16-19,21H2,1-3H3/t29-/m0/s1. The Morgan fingerprint density at radius 1 is 1.02 bits per heavy atom.